The fourth-order valence-corrected chi connectivity index (χ4v) is 2.81. The minimum absolute atomic E-state index is 0.126. The highest BCUT2D eigenvalue weighted by Crippen LogP contribution is 2.33. The molecule has 3 rings (SSSR count). The maximum absolute atomic E-state index is 11.9. The third kappa shape index (κ3) is 2.62. The molecule has 19 heavy (non-hydrogen) atoms. The van der Waals surface area contributed by atoms with Gasteiger partial charge in [-0.1, -0.05) is 11.6 Å². The van der Waals surface area contributed by atoms with Crippen LogP contribution in [0.25, 0.3) is 0 Å². The first kappa shape index (κ1) is 12.9. The Bertz CT molecular complexity index is 700. The van der Waals surface area contributed by atoms with E-state index in [0.29, 0.717) is 18.2 Å². The third-order valence-corrected chi connectivity index (χ3v) is 3.79. The molecule has 0 radical (unpaired) electrons. The maximum atomic E-state index is 11.9. The van der Waals surface area contributed by atoms with Crippen LogP contribution in [0.2, 0.25) is 5.02 Å². The third-order valence-electron chi connectivity index (χ3n) is 2.98. The number of nitrogens with zero attached hydrogens (tertiary/aromatic N) is 2. The molecule has 2 aromatic rings. The normalized spacial score (nSPS) is 13.2. The summed E-state index contributed by atoms with van der Waals surface area (Å²) < 4.78 is 7.85. The minimum atomic E-state index is -0.126. The largest absolute Gasteiger partial charge is 0.493 e. The molecule has 1 aliphatic heterocycles. The lowest BCUT2D eigenvalue weighted by atomic mass is 10.1. The molecule has 1 aliphatic rings. The van der Waals surface area contributed by atoms with E-state index in [4.69, 9.17) is 16.3 Å². The van der Waals surface area contributed by atoms with E-state index in [2.05, 4.69) is 27.7 Å². The summed E-state index contributed by atoms with van der Waals surface area (Å²) in [5.41, 5.74) is 1.87. The average Bonchev–Trinajstić information content (AvgIpc) is 2.80. The SMILES string of the molecule is O=c1cc(I)cnn1Cc1cc(Cl)cc2c1OCC2. The van der Waals surface area contributed by atoms with E-state index in [1.807, 2.05) is 12.1 Å². The van der Waals surface area contributed by atoms with E-state index in [1.165, 1.54) is 4.68 Å². The predicted octanol–water partition coefficient (Wildman–Crippen LogP) is 2.48. The number of ether oxygens (including phenoxy) is 1. The summed E-state index contributed by atoms with van der Waals surface area (Å²) in [6, 6.07) is 5.30. The van der Waals surface area contributed by atoms with Crippen LogP contribution in [0.15, 0.2) is 29.2 Å². The topological polar surface area (TPSA) is 44.1 Å². The lowest BCUT2D eigenvalue weighted by Crippen LogP contribution is -2.23. The average molecular weight is 389 g/mol. The molecule has 1 aromatic heterocycles. The number of rotatable bonds is 2. The van der Waals surface area contributed by atoms with Gasteiger partial charge in [0.05, 0.1) is 19.3 Å². The van der Waals surface area contributed by atoms with Gasteiger partial charge in [0.2, 0.25) is 0 Å². The van der Waals surface area contributed by atoms with Gasteiger partial charge in [-0.15, -0.1) is 0 Å². The molecule has 0 spiro atoms. The van der Waals surface area contributed by atoms with Gasteiger partial charge in [0.15, 0.2) is 0 Å². The molecule has 2 heterocycles. The molecule has 0 aliphatic carbocycles. The molecule has 0 amide bonds. The second-order valence-electron chi connectivity index (χ2n) is 4.32. The first-order valence-electron chi connectivity index (χ1n) is 5.80. The maximum Gasteiger partial charge on any atom is 0.268 e. The van der Waals surface area contributed by atoms with Crippen molar-refractivity contribution >= 4 is 34.2 Å². The molecule has 0 saturated heterocycles. The number of hydrogen-bond acceptors (Lipinski definition) is 3. The van der Waals surface area contributed by atoms with Crippen molar-refractivity contribution in [3.8, 4) is 5.75 Å². The quantitative estimate of drug-likeness (QED) is 0.743. The Kier molecular flexibility index (Phi) is 3.49. The van der Waals surface area contributed by atoms with Crippen LogP contribution < -0.4 is 10.3 Å². The summed E-state index contributed by atoms with van der Waals surface area (Å²) in [5, 5.41) is 4.79. The van der Waals surface area contributed by atoms with Crippen molar-refractivity contribution in [2.45, 2.75) is 13.0 Å². The van der Waals surface area contributed by atoms with Crippen LogP contribution >= 0.6 is 34.2 Å². The summed E-state index contributed by atoms with van der Waals surface area (Å²) >= 11 is 8.16. The van der Waals surface area contributed by atoms with Crippen molar-refractivity contribution in [3.63, 3.8) is 0 Å². The van der Waals surface area contributed by atoms with E-state index >= 15 is 0 Å². The summed E-state index contributed by atoms with van der Waals surface area (Å²) in [6.07, 6.45) is 2.52. The smallest absolute Gasteiger partial charge is 0.268 e. The highest BCUT2D eigenvalue weighted by molar-refractivity contribution is 14.1. The van der Waals surface area contributed by atoms with Crippen molar-refractivity contribution in [3.05, 3.63) is 54.5 Å². The standard InChI is InChI=1S/C13H10ClIN2O2/c14-10-3-8-1-2-19-13(8)9(4-10)7-17-12(18)5-11(15)6-16-17/h3-6H,1-2,7H2. The van der Waals surface area contributed by atoms with E-state index < -0.39 is 0 Å². The van der Waals surface area contributed by atoms with Gasteiger partial charge < -0.3 is 4.74 Å². The zero-order valence-corrected chi connectivity index (χ0v) is 12.8. The number of fused-ring (bicyclic) bond motifs is 1. The first-order chi connectivity index (χ1) is 9.13. The van der Waals surface area contributed by atoms with Gasteiger partial charge in [-0.05, 0) is 40.3 Å². The van der Waals surface area contributed by atoms with Gasteiger partial charge in [0, 0.05) is 26.6 Å². The monoisotopic (exact) mass is 388 g/mol. The van der Waals surface area contributed by atoms with Crippen molar-refractivity contribution in [2.75, 3.05) is 6.61 Å². The molecule has 0 atom stereocenters. The summed E-state index contributed by atoms with van der Waals surface area (Å²) in [7, 11) is 0. The van der Waals surface area contributed by atoms with Crippen molar-refractivity contribution in [2.24, 2.45) is 0 Å². The van der Waals surface area contributed by atoms with E-state index in [1.54, 1.807) is 12.3 Å². The lowest BCUT2D eigenvalue weighted by Gasteiger charge is -2.10. The van der Waals surface area contributed by atoms with Crippen LogP contribution in [0.1, 0.15) is 11.1 Å². The second kappa shape index (κ2) is 5.13. The molecule has 0 fully saturated rings. The molecule has 4 nitrogen and oxygen atoms in total. The van der Waals surface area contributed by atoms with Crippen molar-refractivity contribution in [1.82, 2.24) is 9.78 Å². The molecule has 1 aromatic carbocycles. The minimum Gasteiger partial charge on any atom is -0.493 e. The molecule has 0 N–H and O–H groups in total. The van der Waals surface area contributed by atoms with Gasteiger partial charge in [-0.3, -0.25) is 4.79 Å². The van der Waals surface area contributed by atoms with Gasteiger partial charge >= 0.3 is 0 Å². The zero-order chi connectivity index (χ0) is 13.4. The van der Waals surface area contributed by atoms with Gasteiger partial charge in [-0.2, -0.15) is 5.10 Å². The van der Waals surface area contributed by atoms with Crippen LogP contribution in [-0.2, 0) is 13.0 Å². The van der Waals surface area contributed by atoms with Gasteiger partial charge in [0.25, 0.3) is 5.56 Å². The van der Waals surface area contributed by atoms with Gasteiger partial charge in [-0.25, -0.2) is 4.68 Å². The predicted molar refractivity (Wildman–Crippen MR) is 81.0 cm³/mol. The highest BCUT2D eigenvalue weighted by Gasteiger charge is 2.18. The van der Waals surface area contributed by atoms with Crippen LogP contribution in [0.5, 0.6) is 5.75 Å². The van der Waals surface area contributed by atoms with E-state index in [0.717, 1.165) is 26.9 Å². The number of halogens is 2. The van der Waals surface area contributed by atoms with Crippen molar-refractivity contribution in [1.29, 1.82) is 0 Å². The molecule has 0 bridgehead atoms. The Morgan fingerprint density at radius 1 is 1.42 bits per heavy atom. The lowest BCUT2D eigenvalue weighted by molar-refractivity contribution is 0.352. The molecule has 98 valence electrons. The van der Waals surface area contributed by atoms with Crippen LogP contribution in [-0.4, -0.2) is 16.4 Å². The summed E-state index contributed by atoms with van der Waals surface area (Å²) in [4.78, 5) is 11.9. The van der Waals surface area contributed by atoms with Crippen molar-refractivity contribution < 1.29 is 4.74 Å². The Morgan fingerprint density at radius 3 is 3.05 bits per heavy atom. The van der Waals surface area contributed by atoms with E-state index in [-0.39, 0.29) is 5.56 Å². The number of benzene rings is 1. The molecular formula is C13H10ClIN2O2. The Balaban J connectivity index is 2.02. The summed E-state index contributed by atoms with van der Waals surface area (Å²) in [5.74, 6) is 0.844. The van der Waals surface area contributed by atoms with E-state index in [9.17, 15) is 4.79 Å². The van der Waals surface area contributed by atoms with Crippen LogP contribution in [0, 0.1) is 3.57 Å². The van der Waals surface area contributed by atoms with Crippen LogP contribution in [0.4, 0.5) is 0 Å². The zero-order valence-electron chi connectivity index (χ0n) is 9.90. The Hall–Kier alpha value is -1.08. The van der Waals surface area contributed by atoms with Gasteiger partial charge in [0.1, 0.15) is 5.75 Å². The molecule has 0 saturated carbocycles. The highest BCUT2D eigenvalue weighted by atomic mass is 127. The summed E-state index contributed by atoms with van der Waals surface area (Å²) in [6.45, 7) is 1.04. The first-order valence-corrected chi connectivity index (χ1v) is 7.26. The second-order valence-corrected chi connectivity index (χ2v) is 6.00. The fraction of sp³-hybridized carbons (Fsp3) is 0.231. The fourth-order valence-electron chi connectivity index (χ4n) is 2.16. The number of aromatic nitrogens is 2. The number of hydrogen-bond donors (Lipinski definition) is 0. The van der Waals surface area contributed by atoms with Crippen LogP contribution in [0.3, 0.4) is 0 Å². The Labute approximate surface area is 128 Å². The molecule has 0 unspecified atom stereocenters. The molecule has 6 heteroatoms. The molecular weight excluding hydrogens is 379 g/mol. The Morgan fingerprint density at radius 2 is 2.26 bits per heavy atom.